The Morgan fingerprint density at radius 3 is 2.06 bits per heavy atom. The molecule has 0 radical (unpaired) electrons. The van der Waals surface area contributed by atoms with Crippen LogP contribution < -0.4 is 16.0 Å². The summed E-state index contributed by atoms with van der Waals surface area (Å²) < 4.78 is 79.5. The van der Waals surface area contributed by atoms with Crippen molar-refractivity contribution in [2.45, 2.75) is 56.7 Å². The first-order valence-electron chi connectivity index (χ1n) is 10.3. The third-order valence-electron chi connectivity index (χ3n) is 5.44. The van der Waals surface area contributed by atoms with Crippen LogP contribution in [0.15, 0.2) is 46.9 Å². The lowest BCUT2D eigenvalue weighted by molar-refractivity contribution is -0.143. The van der Waals surface area contributed by atoms with Gasteiger partial charge in [0.1, 0.15) is 0 Å². The average Bonchev–Trinajstić information content (AvgIpc) is 2.72. The van der Waals surface area contributed by atoms with Gasteiger partial charge in [0.25, 0.3) is 0 Å². The fourth-order valence-electron chi connectivity index (χ4n) is 3.79. The molecule has 3 N–H and O–H groups in total. The molecule has 11 heteroatoms. The molecule has 1 aliphatic carbocycles. The molecular formula is C22H22BrF6N3S. The molecule has 3 rings (SSSR count). The molecule has 0 heterocycles. The summed E-state index contributed by atoms with van der Waals surface area (Å²) in [6.07, 6.45) is -6.25. The van der Waals surface area contributed by atoms with Crippen LogP contribution >= 0.6 is 28.1 Å². The zero-order chi connectivity index (χ0) is 24.2. The first-order chi connectivity index (χ1) is 15.4. The maximum Gasteiger partial charge on any atom is 0.416 e. The topological polar surface area (TPSA) is 36.1 Å². The Balaban J connectivity index is 1.69. The van der Waals surface area contributed by atoms with Crippen molar-refractivity contribution in [3.8, 4) is 0 Å². The fraction of sp³-hybridized carbons (Fsp3) is 0.409. The summed E-state index contributed by atoms with van der Waals surface area (Å²) in [6.45, 7) is 0.604. The van der Waals surface area contributed by atoms with Gasteiger partial charge in [0, 0.05) is 28.8 Å². The van der Waals surface area contributed by atoms with Crippen LogP contribution in [-0.4, -0.2) is 17.2 Å². The maximum atomic E-state index is 13.1. The van der Waals surface area contributed by atoms with E-state index in [9.17, 15) is 26.3 Å². The van der Waals surface area contributed by atoms with E-state index in [0.717, 1.165) is 35.7 Å². The summed E-state index contributed by atoms with van der Waals surface area (Å²) in [5.74, 6) is 0. The maximum absolute atomic E-state index is 13.1. The zero-order valence-corrected chi connectivity index (χ0v) is 19.7. The second-order valence-corrected chi connectivity index (χ2v) is 9.13. The van der Waals surface area contributed by atoms with Gasteiger partial charge in [0.05, 0.1) is 11.1 Å². The number of hydrogen-bond acceptors (Lipinski definition) is 2. The van der Waals surface area contributed by atoms with E-state index < -0.39 is 23.5 Å². The highest BCUT2D eigenvalue weighted by atomic mass is 79.9. The largest absolute Gasteiger partial charge is 0.416 e. The molecule has 33 heavy (non-hydrogen) atoms. The third-order valence-corrected chi connectivity index (χ3v) is 6.43. The second-order valence-electron chi connectivity index (χ2n) is 7.86. The van der Waals surface area contributed by atoms with Gasteiger partial charge in [-0.25, -0.2) is 0 Å². The first kappa shape index (κ1) is 25.8. The van der Waals surface area contributed by atoms with Crippen LogP contribution in [0.3, 0.4) is 0 Å². The molecular weight excluding hydrogens is 532 g/mol. The lowest BCUT2D eigenvalue weighted by atomic mass is 9.90. The number of benzene rings is 2. The van der Waals surface area contributed by atoms with Crippen LogP contribution in [0.4, 0.5) is 32.0 Å². The molecule has 0 spiro atoms. The summed E-state index contributed by atoms with van der Waals surface area (Å²) in [5, 5.41) is 9.02. The number of rotatable bonds is 5. The zero-order valence-electron chi connectivity index (χ0n) is 17.3. The number of anilines is 1. The molecule has 1 aliphatic rings. The highest BCUT2D eigenvalue weighted by molar-refractivity contribution is 9.10. The smallest absolute Gasteiger partial charge is 0.358 e. The minimum atomic E-state index is -4.92. The van der Waals surface area contributed by atoms with E-state index in [4.69, 9.17) is 12.2 Å². The van der Waals surface area contributed by atoms with Gasteiger partial charge >= 0.3 is 12.4 Å². The normalized spacial score (nSPS) is 19.2. The Kier molecular flexibility index (Phi) is 8.28. The molecule has 1 fully saturated rings. The van der Waals surface area contributed by atoms with E-state index in [-0.39, 0.29) is 28.9 Å². The van der Waals surface area contributed by atoms with Gasteiger partial charge in [-0.2, -0.15) is 26.3 Å². The van der Waals surface area contributed by atoms with Gasteiger partial charge in [0.2, 0.25) is 0 Å². The number of hydrogen-bond donors (Lipinski definition) is 3. The highest BCUT2D eigenvalue weighted by Crippen LogP contribution is 2.37. The number of halogens is 7. The molecule has 0 bridgehead atoms. The predicted molar refractivity (Wildman–Crippen MR) is 123 cm³/mol. The number of alkyl halides is 6. The summed E-state index contributed by atoms with van der Waals surface area (Å²) in [7, 11) is 0. The lowest BCUT2D eigenvalue weighted by Crippen LogP contribution is -2.52. The van der Waals surface area contributed by atoms with Crippen molar-refractivity contribution in [1.82, 2.24) is 10.6 Å². The summed E-state index contributed by atoms with van der Waals surface area (Å²) in [6, 6.07) is 9.02. The number of thiocarbonyl (C=S) groups is 1. The Morgan fingerprint density at radius 2 is 1.48 bits per heavy atom. The predicted octanol–water partition coefficient (Wildman–Crippen LogP) is 6.87. The molecule has 0 amide bonds. The third kappa shape index (κ3) is 7.31. The summed E-state index contributed by atoms with van der Waals surface area (Å²) >= 11 is 8.73. The van der Waals surface area contributed by atoms with Crippen LogP contribution in [0.5, 0.6) is 0 Å². The molecule has 1 saturated carbocycles. The fourth-order valence-corrected chi connectivity index (χ4v) is 4.49. The molecule has 2 aromatic rings. The molecule has 0 aliphatic heterocycles. The average molecular weight is 554 g/mol. The van der Waals surface area contributed by atoms with E-state index in [2.05, 4.69) is 31.9 Å². The molecule has 180 valence electrons. The van der Waals surface area contributed by atoms with Gasteiger partial charge in [-0.15, -0.1) is 0 Å². The van der Waals surface area contributed by atoms with Gasteiger partial charge < -0.3 is 16.0 Å². The van der Waals surface area contributed by atoms with Crippen LogP contribution in [0.1, 0.15) is 42.4 Å². The van der Waals surface area contributed by atoms with Crippen molar-refractivity contribution in [2.75, 3.05) is 5.32 Å². The van der Waals surface area contributed by atoms with E-state index in [1.54, 1.807) is 0 Å². The van der Waals surface area contributed by atoms with Crippen LogP contribution in [0, 0.1) is 0 Å². The first-order valence-corrected chi connectivity index (χ1v) is 11.5. The monoisotopic (exact) mass is 553 g/mol. The molecule has 0 unspecified atom stereocenters. The van der Waals surface area contributed by atoms with Gasteiger partial charge in [-0.1, -0.05) is 47.0 Å². The number of nitrogens with one attached hydrogen (secondary N) is 3. The SMILES string of the molecule is FC(F)(F)c1cc(NC(=S)N[C@@H]2CCCC[C@H]2NCc2ccccc2Br)cc(C(F)(F)F)c1. The van der Waals surface area contributed by atoms with Gasteiger partial charge in [-0.05, 0) is 54.9 Å². The van der Waals surface area contributed by atoms with E-state index >= 15 is 0 Å². The second kappa shape index (κ2) is 10.6. The van der Waals surface area contributed by atoms with Crippen molar-refractivity contribution in [2.24, 2.45) is 0 Å². The Hall–Kier alpha value is -1.85. The van der Waals surface area contributed by atoms with Crippen molar-refractivity contribution < 1.29 is 26.3 Å². The van der Waals surface area contributed by atoms with E-state index in [0.29, 0.717) is 18.7 Å². The van der Waals surface area contributed by atoms with Crippen LogP contribution in [0.2, 0.25) is 0 Å². The standard InChI is InChI=1S/C22H22BrF6N3S/c23-17-6-2-1-5-13(17)12-30-18-7-3-4-8-19(18)32-20(33)31-16-10-14(21(24,25)26)9-15(11-16)22(27,28)29/h1-2,5-6,9-11,18-19,30H,3-4,7-8,12H2,(H2,31,32,33)/t18-,19-/m1/s1. The molecule has 0 aromatic heterocycles. The molecule has 2 aromatic carbocycles. The lowest BCUT2D eigenvalue weighted by Gasteiger charge is -2.34. The minimum absolute atomic E-state index is 0.0259. The van der Waals surface area contributed by atoms with Crippen molar-refractivity contribution in [3.63, 3.8) is 0 Å². The van der Waals surface area contributed by atoms with Crippen molar-refractivity contribution in [1.29, 1.82) is 0 Å². The Bertz CT molecular complexity index is 947. The summed E-state index contributed by atoms with van der Waals surface area (Å²) in [4.78, 5) is 0. The van der Waals surface area contributed by atoms with Crippen molar-refractivity contribution in [3.05, 3.63) is 63.6 Å². The minimum Gasteiger partial charge on any atom is -0.358 e. The molecule has 2 atom stereocenters. The Morgan fingerprint density at radius 1 is 0.909 bits per heavy atom. The molecule has 0 saturated heterocycles. The van der Waals surface area contributed by atoms with Crippen LogP contribution in [-0.2, 0) is 18.9 Å². The molecule has 3 nitrogen and oxygen atoms in total. The highest BCUT2D eigenvalue weighted by Gasteiger charge is 2.37. The van der Waals surface area contributed by atoms with Gasteiger partial charge in [-0.3, -0.25) is 0 Å². The summed E-state index contributed by atoms with van der Waals surface area (Å²) in [5.41, 5.74) is -2.09. The van der Waals surface area contributed by atoms with E-state index in [1.165, 1.54) is 0 Å². The van der Waals surface area contributed by atoms with Crippen LogP contribution in [0.25, 0.3) is 0 Å². The van der Waals surface area contributed by atoms with E-state index in [1.807, 2.05) is 24.3 Å². The van der Waals surface area contributed by atoms with Gasteiger partial charge in [0.15, 0.2) is 5.11 Å². The quantitative estimate of drug-likeness (QED) is 0.279. The van der Waals surface area contributed by atoms with Crippen molar-refractivity contribution >= 4 is 38.9 Å². The Labute approximate surface area is 201 Å².